The van der Waals surface area contributed by atoms with Crippen LogP contribution in [-0.4, -0.2) is 15.9 Å². The molecule has 0 amide bonds. The summed E-state index contributed by atoms with van der Waals surface area (Å²) in [4.78, 5) is 15.0. The Morgan fingerprint density at radius 3 is 3.00 bits per heavy atom. The van der Waals surface area contributed by atoms with Gasteiger partial charge in [0.25, 0.3) is 5.89 Å². The van der Waals surface area contributed by atoms with Crippen molar-refractivity contribution in [2.24, 2.45) is 0 Å². The zero-order valence-corrected chi connectivity index (χ0v) is 9.36. The summed E-state index contributed by atoms with van der Waals surface area (Å²) in [6.07, 6.45) is 0.185. The van der Waals surface area contributed by atoms with Crippen molar-refractivity contribution >= 4 is 17.4 Å². The lowest BCUT2D eigenvalue weighted by Gasteiger charge is -1.93. The lowest BCUT2D eigenvalue weighted by atomic mass is 10.2. The molecule has 0 aliphatic heterocycles. The van der Waals surface area contributed by atoms with Crippen molar-refractivity contribution in [2.45, 2.75) is 13.3 Å². The van der Waals surface area contributed by atoms with Gasteiger partial charge in [-0.15, -0.1) is 0 Å². The van der Waals surface area contributed by atoms with Crippen LogP contribution < -0.4 is 0 Å². The second-order valence-electron chi connectivity index (χ2n) is 3.40. The van der Waals surface area contributed by atoms with Crippen molar-refractivity contribution in [3.63, 3.8) is 0 Å². The number of rotatable bonds is 3. The third-order valence-electron chi connectivity index (χ3n) is 1.95. The molecule has 5 heteroatoms. The molecule has 0 aliphatic rings. The van der Waals surface area contributed by atoms with E-state index in [9.17, 15) is 4.79 Å². The van der Waals surface area contributed by atoms with E-state index in [1.807, 2.05) is 6.07 Å². The van der Waals surface area contributed by atoms with Gasteiger partial charge in [-0.3, -0.25) is 4.79 Å². The summed E-state index contributed by atoms with van der Waals surface area (Å²) in [5, 5.41) is 4.31. The highest BCUT2D eigenvalue weighted by atomic mass is 35.5. The molecule has 0 saturated carbocycles. The molecule has 82 valence electrons. The molecule has 0 saturated heterocycles. The van der Waals surface area contributed by atoms with E-state index in [2.05, 4.69) is 10.1 Å². The van der Waals surface area contributed by atoms with E-state index in [4.69, 9.17) is 16.1 Å². The van der Waals surface area contributed by atoms with Gasteiger partial charge in [-0.1, -0.05) is 22.8 Å². The lowest BCUT2D eigenvalue weighted by molar-refractivity contribution is -0.116. The van der Waals surface area contributed by atoms with Crippen LogP contribution in [0.5, 0.6) is 0 Å². The van der Waals surface area contributed by atoms with E-state index in [0.717, 1.165) is 5.56 Å². The molecular weight excluding hydrogens is 228 g/mol. The molecule has 0 N–H and O–H groups in total. The van der Waals surface area contributed by atoms with Crippen molar-refractivity contribution < 1.29 is 9.32 Å². The number of halogens is 1. The fourth-order valence-corrected chi connectivity index (χ4v) is 1.48. The molecular formula is C11H9ClN2O2. The van der Waals surface area contributed by atoms with Crippen molar-refractivity contribution in [2.75, 3.05) is 0 Å². The van der Waals surface area contributed by atoms with Crippen LogP contribution in [0.15, 0.2) is 28.8 Å². The number of carbonyl (C=O) groups excluding carboxylic acids is 1. The number of hydrogen-bond donors (Lipinski definition) is 0. The molecule has 1 heterocycles. The fraction of sp³-hybridized carbons (Fsp3) is 0.182. The minimum atomic E-state index is -0.00144. The second-order valence-corrected chi connectivity index (χ2v) is 3.84. The molecule has 0 radical (unpaired) electrons. The van der Waals surface area contributed by atoms with Crippen molar-refractivity contribution in [1.29, 1.82) is 0 Å². The molecule has 2 rings (SSSR count). The van der Waals surface area contributed by atoms with Crippen LogP contribution in [0, 0.1) is 0 Å². The second kappa shape index (κ2) is 4.45. The van der Waals surface area contributed by atoms with Gasteiger partial charge in [0.05, 0.1) is 6.42 Å². The average Bonchev–Trinajstić information content (AvgIpc) is 2.65. The van der Waals surface area contributed by atoms with E-state index in [1.54, 1.807) is 18.2 Å². The summed E-state index contributed by atoms with van der Waals surface area (Å²) in [6.45, 7) is 1.48. The van der Waals surface area contributed by atoms with Crippen LogP contribution in [0.25, 0.3) is 11.5 Å². The zero-order chi connectivity index (χ0) is 11.5. The molecule has 0 aliphatic carbocycles. The standard InChI is InChI=1S/C11H9ClN2O2/c1-7(15)5-10-13-11(16-14-10)8-3-2-4-9(12)6-8/h2-4,6H,5H2,1H3. The molecule has 0 unspecified atom stereocenters. The monoisotopic (exact) mass is 236 g/mol. The van der Waals surface area contributed by atoms with Gasteiger partial charge in [0.2, 0.25) is 0 Å². The van der Waals surface area contributed by atoms with Gasteiger partial charge in [-0.05, 0) is 25.1 Å². The van der Waals surface area contributed by atoms with E-state index < -0.39 is 0 Å². The van der Waals surface area contributed by atoms with Crippen LogP contribution in [0.4, 0.5) is 0 Å². The molecule has 0 atom stereocenters. The Kier molecular flexibility index (Phi) is 3.01. The number of hydrogen-bond acceptors (Lipinski definition) is 4. The number of carbonyl (C=O) groups is 1. The zero-order valence-electron chi connectivity index (χ0n) is 8.61. The van der Waals surface area contributed by atoms with Crippen molar-refractivity contribution in [3.8, 4) is 11.5 Å². The van der Waals surface area contributed by atoms with Gasteiger partial charge in [0.1, 0.15) is 5.78 Å². The number of Topliss-reactive ketones (excluding diaryl/α,β-unsaturated/α-hetero) is 1. The SMILES string of the molecule is CC(=O)Cc1noc(-c2cccc(Cl)c2)n1. The molecule has 4 nitrogen and oxygen atoms in total. The van der Waals surface area contributed by atoms with E-state index in [0.29, 0.717) is 16.7 Å². The average molecular weight is 237 g/mol. The first-order valence-electron chi connectivity index (χ1n) is 4.73. The Hall–Kier alpha value is -1.68. The van der Waals surface area contributed by atoms with Crippen LogP contribution in [-0.2, 0) is 11.2 Å². The number of ketones is 1. The third kappa shape index (κ3) is 2.46. The van der Waals surface area contributed by atoms with E-state index >= 15 is 0 Å². The summed E-state index contributed by atoms with van der Waals surface area (Å²) in [5.41, 5.74) is 0.745. The summed E-state index contributed by atoms with van der Waals surface area (Å²) >= 11 is 5.84. The largest absolute Gasteiger partial charge is 0.334 e. The predicted octanol–water partition coefficient (Wildman–Crippen LogP) is 2.52. The van der Waals surface area contributed by atoms with Gasteiger partial charge in [-0.25, -0.2) is 0 Å². The Morgan fingerprint density at radius 2 is 2.31 bits per heavy atom. The van der Waals surface area contributed by atoms with Crippen LogP contribution >= 0.6 is 11.6 Å². The van der Waals surface area contributed by atoms with E-state index in [1.165, 1.54) is 6.92 Å². The number of nitrogens with zero attached hydrogens (tertiary/aromatic N) is 2. The highest BCUT2D eigenvalue weighted by molar-refractivity contribution is 6.30. The maximum atomic E-state index is 10.9. The molecule has 2 aromatic rings. The summed E-state index contributed by atoms with van der Waals surface area (Å²) in [5.74, 6) is 0.764. The van der Waals surface area contributed by atoms with Gasteiger partial charge < -0.3 is 4.52 Å². The number of aromatic nitrogens is 2. The van der Waals surface area contributed by atoms with Crippen LogP contribution in [0.3, 0.4) is 0 Å². The summed E-state index contributed by atoms with van der Waals surface area (Å²) in [6, 6.07) is 7.11. The first-order chi connectivity index (χ1) is 7.65. The number of benzene rings is 1. The first-order valence-corrected chi connectivity index (χ1v) is 5.11. The molecule has 0 fully saturated rings. The molecule has 0 bridgehead atoms. The highest BCUT2D eigenvalue weighted by Gasteiger charge is 2.10. The summed E-state index contributed by atoms with van der Waals surface area (Å²) < 4.78 is 5.03. The normalized spacial score (nSPS) is 10.4. The Balaban J connectivity index is 2.28. The summed E-state index contributed by atoms with van der Waals surface area (Å²) in [7, 11) is 0. The highest BCUT2D eigenvalue weighted by Crippen LogP contribution is 2.20. The minimum absolute atomic E-state index is 0.00144. The Bertz CT molecular complexity index is 522. The van der Waals surface area contributed by atoms with Gasteiger partial charge in [0.15, 0.2) is 5.82 Å². The topological polar surface area (TPSA) is 56.0 Å². The first kappa shape index (κ1) is 10.8. The van der Waals surface area contributed by atoms with Crippen molar-refractivity contribution in [1.82, 2.24) is 10.1 Å². The Labute approximate surface area is 97.2 Å². The third-order valence-corrected chi connectivity index (χ3v) is 2.18. The molecule has 16 heavy (non-hydrogen) atoms. The quantitative estimate of drug-likeness (QED) is 0.822. The van der Waals surface area contributed by atoms with Gasteiger partial charge >= 0.3 is 0 Å². The smallest absolute Gasteiger partial charge is 0.257 e. The maximum absolute atomic E-state index is 10.9. The minimum Gasteiger partial charge on any atom is -0.334 e. The molecule has 0 spiro atoms. The molecule has 1 aromatic heterocycles. The van der Waals surface area contributed by atoms with Gasteiger partial charge in [0, 0.05) is 10.6 Å². The Morgan fingerprint density at radius 1 is 1.50 bits per heavy atom. The molecule has 1 aromatic carbocycles. The van der Waals surface area contributed by atoms with E-state index in [-0.39, 0.29) is 12.2 Å². The lowest BCUT2D eigenvalue weighted by Crippen LogP contribution is -1.97. The predicted molar refractivity (Wildman–Crippen MR) is 59.1 cm³/mol. The van der Waals surface area contributed by atoms with Crippen LogP contribution in [0.1, 0.15) is 12.7 Å². The fourth-order valence-electron chi connectivity index (χ4n) is 1.29. The van der Waals surface area contributed by atoms with Crippen LogP contribution in [0.2, 0.25) is 5.02 Å². The van der Waals surface area contributed by atoms with Gasteiger partial charge in [-0.2, -0.15) is 4.98 Å². The van der Waals surface area contributed by atoms with Crippen molar-refractivity contribution in [3.05, 3.63) is 35.1 Å². The maximum Gasteiger partial charge on any atom is 0.257 e.